The molecule has 130 valence electrons. The number of rotatable bonds is 2. The van der Waals surface area contributed by atoms with Gasteiger partial charge in [-0.2, -0.15) is 0 Å². The lowest BCUT2D eigenvalue weighted by Crippen LogP contribution is -2.36. The highest BCUT2D eigenvalue weighted by atomic mass is 16.5. The third-order valence-electron chi connectivity index (χ3n) is 4.81. The van der Waals surface area contributed by atoms with Crippen molar-refractivity contribution in [2.45, 2.75) is 5.60 Å². The average Bonchev–Trinajstić information content (AvgIpc) is 2.66. The van der Waals surface area contributed by atoms with Crippen LogP contribution in [0.3, 0.4) is 0 Å². The number of aromatic hydroxyl groups is 2. The maximum atomic E-state index is 12.9. The number of hydrogen-bond donors (Lipinski definition) is 3. The summed E-state index contributed by atoms with van der Waals surface area (Å²) in [7, 11) is 1.52. The van der Waals surface area contributed by atoms with E-state index in [1.165, 1.54) is 19.2 Å². The Hall–Kier alpha value is -3.31. The van der Waals surface area contributed by atoms with Gasteiger partial charge < -0.3 is 20.1 Å². The predicted molar refractivity (Wildman–Crippen MR) is 94.7 cm³/mol. The molecule has 5 heteroatoms. The molecule has 0 aromatic heterocycles. The van der Waals surface area contributed by atoms with Crippen LogP contribution in [-0.4, -0.2) is 28.2 Å². The summed E-state index contributed by atoms with van der Waals surface area (Å²) in [6.07, 6.45) is 0. The Balaban J connectivity index is 2.13. The summed E-state index contributed by atoms with van der Waals surface area (Å²) in [6.45, 7) is 0. The molecule has 0 spiro atoms. The van der Waals surface area contributed by atoms with Crippen molar-refractivity contribution < 1.29 is 24.9 Å². The third kappa shape index (κ3) is 2.04. The molecule has 0 unspecified atom stereocenters. The summed E-state index contributed by atoms with van der Waals surface area (Å²) in [5, 5.41) is 32.4. The zero-order valence-electron chi connectivity index (χ0n) is 13.9. The number of phenols is 2. The van der Waals surface area contributed by atoms with E-state index < -0.39 is 11.4 Å². The molecule has 1 aliphatic rings. The van der Waals surface area contributed by atoms with Crippen LogP contribution < -0.4 is 4.74 Å². The Bertz CT molecular complexity index is 983. The highest BCUT2D eigenvalue weighted by Gasteiger charge is 2.46. The number of aliphatic hydroxyl groups is 1. The number of fused-ring (bicyclic) bond motifs is 2. The van der Waals surface area contributed by atoms with Crippen LogP contribution in [0.2, 0.25) is 0 Å². The second-order valence-corrected chi connectivity index (χ2v) is 6.17. The second kappa shape index (κ2) is 5.61. The summed E-state index contributed by atoms with van der Waals surface area (Å²) in [5.41, 5.74) is -0.797. The Morgan fingerprint density at radius 1 is 0.846 bits per heavy atom. The van der Waals surface area contributed by atoms with Crippen molar-refractivity contribution in [3.8, 4) is 17.2 Å². The quantitative estimate of drug-likeness (QED) is 0.663. The van der Waals surface area contributed by atoms with Gasteiger partial charge in [0, 0.05) is 11.1 Å². The summed E-state index contributed by atoms with van der Waals surface area (Å²) in [5.74, 6) is -0.486. The second-order valence-electron chi connectivity index (χ2n) is 6.17. The Morgan fingerprint density at radius 3 is 1.92 bits per heavy atom. The monoisotopic (exact) mass is 348 g/mol. The molecule has 26 heavy (non-hydrogen) atoms. The van der Waals surface area contributed by atoms with Gasteiger partial charge in [-0.3, -0.25) is 4.79 Å². The van der Waals surface area contributed by atoms with E-state index >= 15 is 0 Å². The first-order valence-corrected chi connectivity index (χ1v) is 8.05. The van der Waals surface area contributed by atoms with Crippen molar-refractivity contribution in [3.63, 3.8) is 0 Å². The number of carbonyl (C=O) groups is 1. The van der Waals surface area contributed by atoms with E-state index in [-0.39, 0.29) is 33.8 Å². The van der Waals surface area contributed by atoms with E-state index in [4.69, 9.17) is 4.74 Å². The molecular formula is C21H16O5. The van der Waals surface area contributed by atoms with E-state index in [1.807, 2.05) is 0 Å². The molecule has 3 aromatic rings. The lowest BCUT2D eigenvalue weighted by molar-refractivity contribution is 0.0939. The molecule has 5 nitrogen and oxygen atoms in total. The molecule has 0 radical (unpaired) electrons. The van der Waals surface area contributed by atoms with Crippen LogP contribution in [0.1, 0.15) is 32.6 Å². The standard InChI is InChI=1S/C21H16O5/c1-26-13-6-2-5-12(11-13)21(25)14-7-3-9-16(22)18(14)20(24)19-15(21)8-4-10-17(19)23/h2-11,22-23,25H,1H3. The van der Waals surface area contributed by atoms with E-state index in [0.29, 0.717) is 11.3 Å². The van der Waals surface area contributed by atoms with Gasteiger partial charge in [-0.15, -0.1) is 0 Å². The number of benzene rings is 3. The van der Waals surface area contributed by atoms with Crippen LogP contribution in [-0.2, 0) is 5.60 Å². The summed E-state index contributed by atoms with van der Waals surface area (Å²) >= 11 is 0. The highest BCUT2D eigenvalue weighted by Crippen LogP contribution is 2.48. The molecule has 1 aliphatic carbocycles. The molecule has 4 rings (SSSR count). The zero-order valence-corrected chi connectivity index (χ0v) is 13.9. The van der Waals surface area contributed by atoms with Gasteiger partial charge in [0.25, 0.3) is 0 Å². The molecule has 0 saturated heterocycles. The van der Waals surface area contributed by atoms with E-state index in [1.54, 1.807) is 48.5 Å². The number of ketones is 1. The number of phenolic OH excluding ortho intramolecular Hbond substituents is 2. The van der Waals surface area contributed by atoms with Crippen molar-refractivity contribution in [2.24, 2.45) is 0 Å². The minimum Gasteiger partial charge on any atom is -0.507 e. The number of methoxy groups -OCH3 is 1. The first kappa shape index (κ1) is 16.2. The minimum atomic E-state index is -1.73. The van der Waals surface area contributed by atoms with Crippen molar-refractivity contribution >= 4 is 5.78 Å². The fourth-order valence-electron chi connectivity index (χ4n) is 3.59. The molecule has 0 amide bonds. The Morgan fingerprint density at radius 2 is 1.38 bits per heavy atom. The first-order chi connectivity index (χ1) is 12.5. The van der Waals surface area contributed by atoms with Crippen molar-refractivity contribution in [1.29, 1.82) is 0 Å². The first-order valence-electron chi connectivity index (χ1n) is 8.05. The largest absolute Gasteiger partial charge is 0.507 e. The van der Waals surface area contributed by atoms with Crippen molar-refractivity contribution in [3.05, 3.63) is 88.5 Å². The van der Waals surface area contributed by atoms with Gasteiger partial charge in [0.1, 0.15) is 22.8 Å². The third-order valence-corrected chi connectivity index (χ3v) is 4.81. The highest BCUT2D eigenvalue weighted by molar-refractivity contribution is 6.16. The summed E-state index contributed by atoms with van der Waals surface area (Å²) in [6, 6.07) is 15.9. The van der Waals surface area contributed by atoms with Crippen molar-refractivity contribution in [2.75, 3.05) is 7.11 Å². The average molecular weight is 348 g/mol. The maximum Gasteiger partial charge on any atom is 0.201 e. The molecule has 0 saturated carbocycles. The summed E-state index contributed by atoms with van der Waals surface area (Å²) in [4.78, 5) is 12.9. The Kier molecular flexibility index (Phi) is 3.49. The number of carbonyl (C=O) groups excluding carboxylic acids is 1. The van der Waals surface area contributed by atoms with Gasteiger partial charge >= 0.3 is 0 Å². The van der Waals surface area contributed by atoms with Crippen LogP contribution >= 0.6 is 0 Å². The van der Waals surface area contributed by atoms with E-state index in [0.717, 1.165) is 0 Å². The molecule has 0 fully saturated rings. The fraction of sp³-hybridized carbons (Fsp3) is 0.0952. The molecular weight excluding hydrogens is 332 g/mol. The van der Waals surface area contributed by atoms with Crippen LogP contribution in [0.25, 0.3) is 0 Å². The fourth-order valence-corrected chi connectivity index (χ4v) is 3.59. The molecule has 0 atom stereocenters. The van der Waals surface area contributed by atoms with E-state index in [9.17, 15) is 20.1 Å². The van der Waals surface area contributed by atoms with Crippen molar-refractivity contribution in [1.82, 2.24) is 0 Å². The topological polar surface area (TPSA) is 87.0 Å². The molecule has 0 bridgehead atoms. The normalized spacial score (nSPS) is 14.5. The van der Waals surface area contributed by atoms with Crippen LogP contribution in [0.4, 0.5) is 0 Å². The molecule has 3 N–H and O–H groups in total. The smallest absolute Gasteiger partial charge is 0.201 e. The lowest BCUT2D eigenvalue weighted by Gasteiger charge is -2.36. The maximum absolute atomic E-state index is 12.9. The van der Waals surface area contributed by atoms with Crippen LogP contribution in [0.5, 0.6) is 17.2 Å². The van der Waals surface area contributed by atoms with Crippen LogP contribution in [0, 0.1) is 0 Å². The van der Waals surface area contributed by atoms with Gasteiger partial charge in [0.15, 0.2) is 0 Å². The van der Waals surface area contributed by atoms with Crippen LogP contribution in [0.15, 0.2) is 60.7 Å². The lowest BCUT2D eigenvalue weighted by atomic mass is 9.70. The van der Waals surface area contributed by atoms with Gasteiger partial charge in [-0.25, -0.2) is 0 Å². The molecule has 3 aromatic carbocycles. The predicted octanol–water partition coefficient (Wildman–Crippen LogP) is 2.94. The van der Waals surface area contributed by atoms with Gasteiger partial charge in [-0.1, -0.05) is 36.4 Å². The Labute approximate surface area is 149 Å². The number of hydrogen-bond acceptors (Lipinski definition) is 5. The summed E-state index contributed by atoms with van der Waals surface area (Å²) < 4.78 is 5.26. The van der Waals surface area contributed by atoms with Gasteiger partial charge in [0.2, 0.25) is 5.78 Å². The van der Waals surface area contributed by atoms with Gasteiger partial charge in [-0.05, 0) is 29.8 Å². The minimum absolute atomic E-state index is 0.0215. The zero-order chi connectivity index (χ0) is 18.5. The number of ether oxygens (including phenoxy) is 1. The molecule has 0 aliphatic heterocycles. The van der Waals surface area contributed by atoms with E-state index in [2.05, 4.69) is 0 Å². The molecule has 0 heterocycles. The SMILES string of the molecule is COc1cccc(C2(O)c3cccc(O)c3C(=O)c3c(O)cccc32)c1. The van der Waals surface area contributed by atoms with Gasteiger partial charge in [0.05, 0.1) is 18.2 Å².